The molecule has 0 aliphatic heterocycles. The molecular weight excluding hydrogens is 260 g/mol. The fourth-order valence-corrected chi connectivity index (χ4v) is 1.67. The Hall–Kier alpha value is -1.59. The van der Waals surface area contributed by atoms with Crippen LogP contribution in [0.1, 0.15) is 36.0 Å². The van der Waals surface area contributed by atoms with Crippen molar-refractivity contribution >= 4 is 5.97 Å². The normalized spacial score (nSPS) is 10.3. The van der Waals surface area contributed by atoms with Crippen LogP contribution < -0.4 is 4.74 Å². The fraction of sp³-hybridized carbons (Fsp3) is 0.533. The third kappa shape index (κ3) is 6.54. The molecule has 0 aromatic heterocycles. The number of ether oxygens (including phenoxy) is 2. The van der Waals surface area contributed by atoms with E-state index in [0.717, 1.165) is 25.7 Å². The maximum Gasteiger partial charge on any atom is 0.338 e. The number of hydrogen-bond donors (Lipinski definition) is 2. The average Bonchev–Trinajstić information content (AvgIpc) is 2.49. The molecule has 0 heterocycles. The summed E-state index contributed by atoms with van der Waals surface area (Å²) in [6.07, 6.45) is 3.83. The number of aliphatic hydroxyl groups excluding tert-OH is 2. The van der Waals surface area contributed by atoms with E-state index < -0.39 is 5.97 Å². The summed E-state index contributed by atoms with van der Waals surface area (Å²) in [7, 11) is 0. The Balaban J connectivity index is 2.26. The Labute approximate surface area is 119 Å². The first-order valence-electron chi connectivity index (χ1n) is 6.89. The van der Waals surface area contributed by atoms with Crippen LogP contribution in [0.2, 0.25) is 0 Å². The Morgan fingerprint density at radius 2 is 1.60 bits per heavy atom. The number of carbonyl (C=O) groups is 1. The minimum absolute atomic E-state index is 0.00489. The van der Waals surface area contributed by atoms with Crippen LogP contribution in [-0.2, 0) is 4.74 Å². The van der Waals surface area contributed by atoms with Crippen molar-refractivity contribution in [2.45, 2.75) is 25.7 Å². The van der Waals surface area contributed by atoms with Gasteiger partial charge in [-0.25, -0.2) is 4.79 Å². The van der Waals surface area contributed by atoms with Crippen molar-refractivity contribution in [1.29, 1.82) is 0 Å². The molecule has 0 radical (unpaired) electrons. The lowest BCUT2D eigenvalue weighted by atomic mass is 10.2. The number of carbonyl (C=O) groups excluding carboxylic acids is 1. The standard InChI is InChI=1S/C15H22O5/c16-9-3-1-2-4-11-19-14-7-5-13(6-8-14)15(18)20-12-10-17/h5-8,16-17H,1-4,9-12H2. The van der Waals surface area contributed by atoms with E-state index in [1.54, 1.807) is 24.3 Å². The summed E-state index contributed by atoms with van der Waals surface area (Å²) >= 11 is 0. The quantitative estimate of drug-likeness (QED) is 0.505. The van der Waals surface area contributed by atoms with Crippen molar-refractivity contribution in [3.63, 3.8) is 0 Å². The second-order valence-electron chi connectivity index (χ2n) is 4.37. The second-order valence-corrected chi connectivity index (χ2v) is 4.37. The molecule has 1 aromatic carbocycles. The van der Waals surface area contributed by atoms with E-state index in [1.807, 2.05) is 0 Å². The summed E-state index contributed by atoms with van der Waals surface area (Å²) in [6.45, 7) is 0.697. The predicted molar refractivity (Wildman–Crippen MR) is 74.9 cm³/mol. The van der Waals surface area contributed by atoms with Crippen LogP contribution in [0.15, 0.2) is 24.3 Å². The van der Waals surface area contributed by atoms with Crippen LogP contribution >= 0.6 is 0 Å². The van der Waals surface area contributed by atoms with Gasteiger partial charge in [0.2, 0.25) is 0 Å². The second kappa shape index (κ2) is 10.2. The molecule has 0 aliphatic carbocycles. The van der Waals surface area contributed by atoms with Crippen LogP contribution in [0.5, 0.6) is 5.75 Å². The summed E-state index contributed by atoms with van der Waals surface area (Å²) in [5, 5.41) is 17.2. The molecule has 0 aliphatic rings. The van der Waals surface area contributed by atoms with E-state index in [-0.39, 0.29) is 19.8 Å². The van der Waals surface area contributed by atoms with Crippen LogP contribution in [0.25, 0.3) is 0 Å². The molecule has 0 unspecified atom stereocenters. The summed E-state index contributed by atoms with van der Waals surface area (Å²) in [6, 6.07) is 6.73. The van der Waals surface area contributed by atoms with E-state index in [1.165, 1.54) is 0 Å². The number of aliphatic hydroxyl groups is 2. The van der Waals surface area contributed by atoms with Gasteiger partial charge >= 0.3 is 5.97 Å². The topological polar surface area (TPSA) is 76.0 Å². The van der Waals surface area contributed by atoms with Gasteiger partial charge in [-0.2, -0.15) is 0 Å². The van der Waals surface area contributed by atoms with Gasteiger partial charge in [0.25, 0.3) is 0 Å². The van der Waals surface area contributed by atoms with Crippen molar-refractivity contribution in [2.75, 3.05) is 26.4 Å². The molecule has 1 rings (SSSR count). The fourth-order valence-electron chi connectivity index (χ4n) is 1.67. The molecule has 5 heteroatoms. The van der Waals surface area contributed by atoms with Crippen molar-refractivity contribution in [1.82, 2.24) is 0 Å². The van der Waals surface area contributed by atoms with Crippen LogP contribution in [0, 0.1) is 0 Å². The molecule has 2 N–H and O–H groups in total. The first-order chi connectivity index (χ1) is 9.77. The summed E-state index contributed by atoms with van der Waals surface area (Å²) in [5.74, 6) is 0.264. The molecule has 0 bridgehead atoms. The monoisotopic (exact) mass is 282 g/mol. The number of rotatable bonds is 10. The molecule has 0 saturated heterocycles. The Morgan fingerprint density at radius 3 is 2.25 bits per heavy atom. The highest BCUT2D eigenvalue weighted by Crippen LogP contribution is 2.13. The molecule has 1 aromatic rings. The molecule has 0 atom stereocenters. The Bertz CT molecular complexity index is 374. The van der Waals surface area contributed by atoms with E-state index in [9.17, 15) is 4.79 Å². The maximum atomic E-state index is 11.5. The lowest BCUT2D eigenvalue weighted by Crippen LogP contribution is -2.08. The highest BCUT2D eigenvalue weighted by molar-refractivity contribution is 5.89. The van der Waals surface area contributed by atoms with E-state index in [2.05, 4.69) is 0 Å². The van der Waals surface area contributed by atoms with Crippen LogP contribution in [0.4, 0.5) is 0 Å². The van der Waals surface area contributed by atoms with Crippen molar-refractivity contribution in [2.24, 2.45) is 0 Å². The maximum absolute atomic E-state index is 11.5. The lowest BCUT2D eigenvalue weighted by molar-refractivity contribution is 0.0433. The minimum Gasteiger partial charge on any atom is -0.494 e. The number of hydrogen-bond acceptors (Lipinski definition) is 5. The zero-order chi connectivity index (χ0) is 14.6. The van der Waals surface area contributed by atoms with Gasteiger partial charge in [0.05, 0.1) is 18.8 Å². The highest BCUT2D eigenvalue weighted by Gasteiger charge is 2.06. The minimum atomic E-state index is -0.449. The lowest BCUT2D eigenvalue weighted by Gasteiger charge is -2.07. The van der Waals surface area contributed by atoms with Crippen molar-refractivity contribution in [3.05, 3.63) is 29.8 Å². The van der Waals surface area contributed by atoms with Crippen molar-refractivity contribution in [3.8, 4) is 5.75 Å². The average molecular weight is 282 g/mol. The molecule has 0 spiro atoms. The van der Waals surface area contributed by atoms with Gasteiger partial charge in [-0.15, -0.1) is 0 Å². The first kappa shape index (κ1) is 16.5. The van der Waals surface area contributed by atoms with Gasteiger partial charge in [0.1, 0.15) is 12.4 Å². The van der Waals surface area contributed by atoms with Gasteiger partial charge in [-0.05, 0) is 43.5 Å². The first-order valence-corrected chi connectivity index (χ1v) is 6.89. The highest BCUT2D eigenvalue weighted by atomic mass is 16.5. The molecule has 0 fully saturated rings. The van der Waals surface area contributed by atoms with Crippen LogP contribution in [0.3, 0.4) is 0 Å². The molecule has 0 saturated carbocycles. The zero-order valence-electron chi connectivity index (χ0n) is 11.6. The third-order valence-electron chi connectivity index (χ3n) is 2.74. The zero-order valence-corrected chi connectivity index (χ0v) is 11.6. The van der Waals surface area contributed by atoms with E-state index >= 15 is 0 Å². The molecule has 20 heavy (non-hydrogen) atoms. The molecule has 0 amide bonds. The van der Waals surface area contributed by atoms with Gasteiger partial charge in [-0.3, -0.25) is 0 Å². The molecule has 112 valence electrons. The van der Waals surface area contributed by atoms with Gasteiger partial charge in [0, 0.05) is 6.61 Å². The summed E-state index contributed by atoms with van der Waals surface area (Å²) in [5.41, 5.74) is 0.439. The molecule has 5 nitrogen and oxygen atoms in total. The van der Waals surface area contributed by atoms with Crippen molar-refractivity contribution < 1.29 is 24.5 Å². The Kier molecular flexibility index (Phi) is 8.42. The third-order valence-corrected chi connectivity index (χ3v) is 2.74. The number of unbranched alkanes of at least 4 members (excludes halogenated alkanes) is 3. The summed E-state index contributed by atoms with van der Waals surface area (Å²) < 4.78 is 10.4. The van der Waals surface area contributed by atoms with Gasteiger partial charge < -0.3 is 19.7 Å². The van der Waals surface area contributed by atoms with Gasteiger partial charge in [0.15, 0.2) is 0 Å². The van der Waals surface area contributed by atoms with Crippen LogP contribution in [-0.4, -0.2) is 42.6 Å². The van der Waals surface area contributed by atoms with E-state index in [0.29, 0.717) is 17.9 Å². The van der Waals surface area contributed by atoms with E-state index in [4.69, 9.17) is 19.7 Å². The SMILES string of the molecule is O=C(OCCO)c1ccc(OCCCCCCO)cc1. The largest absolute Gasteiger partial charge is 0.494 e. The molecular formula is C15H22O5. The predicted octanol–water partition coefficient (Wildman–Crippen LogP) is 1.77. The summed E-state index contributed by atoms with van der Waals surface area (Å²) in [4.78, 5) is 11.5. The number of benzene rings is 1. The Morgan fingerprint density at radius 1 is 0.900 bits per heavy atom. The number of esters is 1. The smallest absolute Gasteiger partial charge is 0.338 e. The van der Waals surface area contributed by atoms with Gasteiger partial charge in [-0.1, -0.05) is 6.42 Å².